The number of nitrogens with one attached hydrogen (secondary N) is 1. The number of aromatic nitrogens is 2. The number of rotatable bonds is 6. The normalized spacial score (nSPS) is 12.2. The third-order valence-electron chi connectivity index (χ3n) is 3.74. The Morgan fingerprint density at radius 3 is 2.78 bits per heavy atom. The molecule has 1 aromatic heterocycles. The molecule has 0 aliphatic carbocycles. The summed E-state index contributed by atoms with van der Waals surface area (Å²) in [5, 5.41) is 3.06. The predicted molar refractivity (Wildman–Crippen MR) is 90.8 cm³/mol. The molecule has 2 rings (SSSR count). The van der Waals surface area contributed by atoms with Gasteiger partial charge < -0.3 is 5.32 Å². The molecule has 23 heavy (non-hydrogen) atoms. The molecule has 1 N–H and O–H groups in total. The van der Waals surface area contributed by atoms with Gasteiger partial charge in [0, 0.05) is 25.1 Å². The lowest BCUT2D eigenvalue weighted by Gasteiger charge is -2.20. The molecule has 0 bridgehead atoms. The first kappa shape index (κ1) is 17.1. The van der Waals surface area contributed by atoms with Crippen LogP contribution >= 0.6 is 0 Å². The highest BCUT2D eigenvalue weighted by atomic mass is 16.2. The van der Waals surface area contributed by atoms with E-state index in [2.05, 4.69) is 47.3 Å². The van der Waals surface area contributed by atoms with Crippen molar-refractivity contribution >= 4 is 5.91 Å². The summed E-state index contributed by atoms with van der Waals surface area (Å²) < 4.78 is 0. The fourth-order valence-corrected chi connectivity index (χ4v) is 2.58. The largest absolute Gasteiger partial charge is 0.348 e. The Kier molecular flexibility index (Phi) is 5.82. The average Bonchev–Trinajstić information content (AvgIpc) is 2.50. The fraction of sp³-hybridized carbons (Fsp3) is 0.389. The zero-order chi connectivity index (χ0) is 16.8. The highest BCUT2D eigenvalue weighted by Gasteiger charge is 2.14. The summed E-state index contributed by atoms with van der Waals surface area (Å²) in [7, 11) is 1.90. The van der Waals surface area contributed by atoms with Gasteiger partial charge in [0.1, 0.15) is 0 Å². The van der Waals surface area contributed by atoms with E-state index in [-0.39, 0.29) is 11.9 Å². The van der Waals surface area contributed by atoms with E-state index in [0.717, 1.165) is 11.3 Å². The van der Waals surface area contributed by atoms with Gasteiger partial charge in [-0.2, -0.15) is 0 Å². The Morgan fingerprint density at radius 1 is 1.30 bits per heavy atom. The van der Waals surface area contributed by atoms with Crippen LogP contribution in [0.15, 0.2) is 36.8 Å². The molecular formula is C18H24N4O. The molecule has 0 fully saturated rings. The molecule has 5 nitrogen and oxygen atoms in total. The van der Waals surface area contributed by atoms with Gasteiger partial charge in [0.15, 0.2) is 0 Å². The van der Waals surface area contributed by atoms with Gasteiger partial charge in [0.05, 0.1) is 18.3 Å². The van der Waals surface area contributed by atoms with Gasteiger partial charge in [-0.3, -0.25) is 19.7 Å². The van der Waals surface area contributed by atoms with Gasteiger partial charge in [-0.05, 0) is 38.9 Å². The number of aryl methyl sites for hydroxylation is 2. The van der Waals surface area contributed by atoms with E-state index in [1.165, 1.54) is 11.1 Å². The molecule has 1 unspecified atom stereocenters. The summed E-state index contributed by atoms with van der Waals surface area (Å²) in [6.45, 7) is 7.07. The van der Waals surface area contributed by atoms with Crippen LogP contribution in [0.5, 0.6) is 0 Å². The maximum atomic E-state index is 12.2. The monoisotopic (exact) mass is 312 g/mol. The molecule has 0 radical (unpaired) electrons. The molecule has 1 atom stereocenters. The van der Waals surface area contributed by atoms with E-state index in [1.807, 2.05) is 18.9 Å². The topological polar surface area (TPSA) is 58.1 Å². The Hall–Kier alpha value is -2.27. The minimum atomic E-state index is -0.00711. The lowest BCUT2D eigenvalue weighted by Crippen LogP contribution is -2.36. The van der Waals surface area contributed by atoms with Crippen LogP contribution in [0.2, 0.25) is 0 Å². The smallest absolute Gasteiger partial charge is 0.234 e. The number of amides is 1. The maximum absolute atomic E-state index is 12.2. The van der Waals surface area contributed by atoms with Crippen molar-refractivity contribution in [1.29, 1.82) is 0 Å². The van der Waals surface area contributed by atoms with Crippen LogP contribution < -0.4 is 5.32 Å². The van der Waals surface area contributed by atoms with Crippen molar-refractivity contribution in [2.75, 3.05) is 13.6 Å². The summed E-state index contributed by atoms with van der Waals surface area (Å²) in [5.74, 6) is 0.00444. The van der Waals surface area contributed by atoms with Gasteiger partial charge in [-0.1, -0.05) is 23.8 Å². The second kappa shape index (κ2) is 7.83. The third-order valence-corrected chi connectivity index (χ3v) is 3.74. The Labute approximate surface area is 137 Å². The molecule has 122 valence electrons. The first-order valence-corrected chi connectivity index (χ1v) is 7.75. The van der Waals surface area contributed by atoms with Crippen LogP contribution in [0.25, 0.3) is 0 Å². The zero-order valence-electron chi connectivity index (χ0n) is 14.2. The van der Waals surface area contributed by atoms with Crippen molar-refractivity contribution in [3.8, 4) is 0 Å². The third kappa shape index (κ3) is 5.14. The fourth-order valence-electron chi connectivity index (χ4n) is 2.58. The number of hydrogen-bond acceptors (Lipinski definition) is 4. The molecule has 1 amide bonds. The number of hydrogen-bond donors (Lipinski definition) is 1. The summed E-state index contributed by atoms with van der Waals surface area (Å²) in [6, 6.07) is 6.30. The number of benzene rings is 1. The van der Waals surface area contributed by atoms with Crippen molar-refractivity contribution in [3.05, 3.63) is 59.2 Å². The van der Waals surface area contributed by atoms with Gasteiger partial charge in [-0.25, -0.2) is 0 Å². The van der Waals surface area contributed by atoms with Crippen LogP contribution in [0.3, 0.4) is 0 Å². The van der Waals surface area contributed by atoms with Crippen molar-refractivity contribution in [2.45, 2.75) is 33.4 Å². The van der Waals surface area contributed by atoms with Crippen molar-refractivity contribution in [2.24, 2.45) is 0 Å². The van der Waals surface area contributed by atoms with Crippen molar-refractivity contribution in [3.63, 3.8) is 0 Å². The number of likely N-dealkylation sites (N-methyl/N-ethyl adjacent to an activating group) is 1. The number of nitrogens with zero attached hydrogens (tertiary/aromatic N) is 3. The molecule has 0 saturated carbocycles. The molecule has 0 saturated heterocycles. The Balaban J connectivity index is 1.90. The van der Waals surface area contributed by atoms with E-state index < -0.39 is 0 Å². The lowest BCUT2D eigenvalue weighted by molar-refractivity contribution is -0.122. The number of carbonyl (C=O) groups is 1. The highest BCUT2D eigenvalue weighted by Crippen LogP contribution is 2.18. The minimum Gasteiger partial charge on any atom is -0.348 e. The highest BCUT2D eigenvalue weighted by molar-refractivity contribution is 5.78. The Morgan fingerprint density at radius 2 is 2.09 bits per heavy atom. The van der Waals surface area contributed by atoms with Crippen LogP contribution in [0.4, 0.5) is 0 Å². The van der Waals surface area contributed by atoms with Crippen LogP contribution in [0.1, 0.15) is 35.3 Å². The summed E-state index contributed by atoms with van der Waals surface area (Å²) in [6.07, 6.45) is 5.01. The van der Waals surface area contributed by atoms with E-state index in [0.29, 0.717) is 13.1 Å². The van der Waals surface area contributed by atoms with Gasteiger partial charge >= 0.3 is 0 Å². The second-order valence-corrected chi connectivity index (χ2v) is 6.02. The van der Waals surface area contributed by atoms with E-state index >= 15 is 0 Å². The van der Waals surface area contributed by atoms with Gasteiger partial charge in [-0.15, -0.1) is 0 Å². The molecule has 1 aromatic carbocycles. The average molecular weight is 312 g/mol. The maximum Gasteiger partial charge on any atom is 0.234 e. The van der Waals surface area contributed by atoms with Gasteiger partial charge in [0.25, 0.3) is 0 Å². The molecule has 0 aliphatic heterocycles. The SMILES string of the molecule is Cc1ccc(C)c(C(C)NC(=O)CN(C)Cc2cnccn2)c1. The van der Waals surface area contributed by atoms with Gasteiger partial charge in [0.2, 0.25) is 5.91 Å². The Bertz CT molecular complexity index is 657. The summed E-state index contributed by atoms with van der Waals surface area (Å²) >= 11 is 0. The molecule has 1 heterocycles. The van der Waals surface area contributed by atoms with E-state index in [1.54, 1.807) is 18.6 Å². The minimum absolute atomic E-state index is 0.00444. The number of carbonyl (C=O) groups excluding carboxylic acids is 1. The summed E-state index contributed by atoms with van der Waals surface area (Å²) in [5.41, 5.74) is 4.41. The van der Waals surface area contributed by atoms with E-state index in [4.69, 9.17) is 0 Å². The predicted octanol–water partition coefficient (Wildman–Crippen LogP) is 2.40. The standard InChI is InChI=1S/C18H24N4O/c1-13-5-6-14(2)17(9-13)15(3)21-18(23)12-22(4)11-16-10-19-7-8-20-16/h5-10,15H,11-12H2,1-4H3,(H,21,23). The first-order chi connectivity index (χ1) is 11.0. The second-order valence-electron chi connectivity index (χ2n) is 6.02. The molecule has 0 spiro atoms. The van der Waals surface area contributed by atoms with Crippen LogP contribution in [0, 0.1) is 13.8 Å². The zero-order valence-corrected chi connectivity index (χ0v) is 14.2. The molecule has 5 heteroatoms. The molecule has 2 aromatic rings. The molecule has 0 aliphatic rings. The lowest BCUT2D eigenvalue weighted by atomic mass is 10.00. The summed E-state index contributed by atoms with van der Waals surface area (Å²) in [4.78, 5) is 22.4. The first-order valence-electron chi connectivity index (χ1n) is 7.75. The molecular weight excluding hydrogens is 288 g/mol. The van der Waals surface area contributed by atoms with Crippen molar-refractivity contribution in [1.82, 2.24) is 20.2 Å². The van der Waals surface area contributed by atoms with Crippen molar-refractivity contribution < 1.29 is 4.79 Å². The van der Waals surface area contributed by atoms with Crippen LogP contribution in [-0.2, 0) is 11.3 Å². The van der Waals surface area contributed by atoms with E-state index in [9.17, 15) is 4.79 Å². The van der Waals surface area contributed by atoms with Crippen LogP contribution in [-0.4, -0.2) is 34.4 Å². The quantitative estimate of drug-likeness (QED) is 0.890.